The average Bonchev–Trinajstić information content (AvgIpc) is 2.36. The van der Waals surface area contributed by atoms with Crippen LogP contribution in [-0.4, -0.2) is 10.9 Å². The minimum Gasteiger partial charge on any atom is -0.384 e. The zero-order valence-electron chi connectivity index (χ0n) is 9.75. The second-order valence-corrected chi connectivity index (χ2v) is 5.01. The van der Waals surface area contributed by atoms with E-state index in [4.69, 9.17) is 40.5 Å². The molecule has 4 nitrogen and oxygen atoms in total. The fourth-order valence-electron chi connectivity index (χ4n) is 1.47. The number of pyridine rings is 1. The van der Waals surface area contributed by atoms with Gasteiger partial charge in [0.2, 0.25) is 0 Å². The molecule has 1 heterocycles. The lowest BCUT2D eigenvalue weighted by Crippen LogP contribution is -2.14. The fourth-order valence-corrected chi connectivity index (χ4v) is 2.22. The molecule has 8 heteroatoms. The Morgan fingerprint density at radius 2 is 1.75 bits per heavy atom. The highest BCUT2D eigenvalue weighted by Crippen LogP contribution is 2.32. The third-order valence-corrected chi connectivity index (χ3v) is 3.26. The number of benzene rings is 1. The summed E-state index contributed by atoms with van der Waals surface area (Å²) >= 11 is 17.5. The number of aromatic nitrogens is 1. The van der Waals surface area contributed by atoms with Gasteiger partial charge in [-0.2, -0.15) is 0 Å². The summed E-state index contributed by atoms with van der Waals surface area (Å²) in [7, 11) is 0. The number of rotatable bonds is 2. The van der Waals surface area contributed by atoms with Crippen molar-refractivity contribution in [2.24, 2.45) is 0 Å². The van der Waals surface area contributed by atoms with Crippen LogP contribution in [0.15, 0.2) is 24.4 Å². The molecular formula is C12H7Cl3FN3O. The Morgan fingerprint density at radius 3 is 2.35 bits per heavy atom. The van der Waals surface area contributed by atoms with Crippen LogP contribution >= 0.6 is 34.8 Å². The number of nitrogen functional groups attached to an aromatic ring is 1. The molecule has 1 aromatic carbocycles. The number of halogens is 4. The van der Waals surface area contributed by atoms with Gasteiger partial charge in [-0.1, -0.05) is 34.8 Å². The molecule has 0 radical (unpaired) electrons. The maximum absolute atomic E-state index is 13.1. The summed E-state index contributed by atoms with van der Waals surface area (Å²) in [6, 6.07) is 3.38. The molecule has 2 aromatic rings. The van der Waals surface area contributed by atoms with Crippen molar-refractivity contribution in [3.05, 3.63) is 50.8 Å². The average molecular weight is 335 g/mol. The maximum Gasteiger partial charge on any atom is 0.257 e. The Hall–Kier alpha value is -1.56. The summed E-state index contributed by atoms with van der Waals surface area (Å²) in [5.74, 6) is -1.06. The molecule has 0 aliphatic heterocycles. The predicted octanol–water partition coefficient (Wildman–Crippen LogP) is 4.02. The summed E-state index contributed by atoms with van der Waals surface area (Å²) in [5.41, 5.74) is 5.68. The maximum atomic E-state index is 13.1. The summed E-state index contributed by atoms with van der Waals surface area (Å²) < 4.78 is 13.1. The van der Waals surface area contributed by atoms with Crippen LogP contribution in [-0.2, 0) is 0 Å². The molecule has 3 N–H and O–H groups in total. The van der Waals surface area contributed by atoms with Gasteiger partial charge in [-0.15, -0.1) is 0 Å². The molecule has 0 bridgehead atoms. The summed E-state index contributed by atoms with van der Waals surface area (Å²) in [4.78, 5) is 15.8. The van der Waals surface area contributed by atoms with Crippen molar-refractivity contribution in [2.45, 2.75) is 0 Å². The minimum absolute atomic E-state index is 0.0264. The molecule has 1 amide bonds. The molecule has 0 unspecified atom stereocenters. The standard InChI is InChI=1S/C12H7Cl3FN3O/c13-7-1-5(16)2-8(14)11(7)19-12(20)6-3-10(17)18-4-9(6)15/h1-4H,(H2,17,18)(H,19,20). The highest BCUT2D eigenvalue weighted by molar-refractivity contribution is 6.40. The lowest BCUT2D eigenvalue weighted by molar-refractivity contribution is 0.102. The van der Waals surface area contributed by atoms with E-state index >= 15 is 0 Å². The number of hydrogen-bond donors (Lipinski definition) is 2. The lowest BCUT2D eigenvalue weighted by atomic mass is 10.2. The second-order valence-electron chi connectivity index (χ2n) is 3.79. The Bertz CT molecular complexity index is 671. The van der Waals surface area contributed by atoms with Crippen LogP contribution in [0.25, 0.3) is 0 Å². The Morgan fingerprint density at radius 1 is 1.15 bits per heavy atom. The number of carbonyl (C=O) groups excluding carboxylic acids is 1. The molecule has 2 rings (SSSR count). The number of nitrogens with one attached hydrogen (secondary N) is 1. The van der Waals surface area contributed by atoms with Gasteiger partial charge in [0.15, 0.2) is 0 Å². The van der Waals surface area contributed by atoms with Crippen LogP contribution in [0.5, 0.6) is 0 Å². The minimum atomic E-state index is -0.607. The Labute approximate surface area is 128 Å². The van der Waals surface area contributed by atoms with Crippen molar-refractivity contribution in [3.63, 3.8) is 0 Å². The Balaban J connectivity index is 2.35. The van der Waals surface area contributed by atoms with Gasteiger partial charge in [0.25, 0.3) is 5.91 Å². The Kier molecular flexibility index (Phi) is 4.32. The van der Waals surface area contributed by atoms with E-state index < -0.39 is 11.7 Å². The molecule has 1 aromatic heterocycles. The van der Waals surface area contributed by atoms with Crippen molar-refractivity contribution in [2.75, 3.05) is 11.1 Å². The van der Waals surface area contributed by atoms with Gasteiger partial charge in [-0.3, -0.25) is 4.79 Å². The molecule has 20 heavy (non-hydrogen) atoms. The molecular weight excluding hydrogens is 328 g/mol. The number of nitrogens with two attached hydrogens (primary N) is 1. The highest BCUT2D eigenvalue weighted by atomic mass is 35.5. The lowest BCUT2D eigenvalue weighted by Gasteiger charge is -2.10. The van der Waals surface area contributed by atoms with E-state index in [9.17, 15) is 9.18 Å². The summed E-state index contributed by atoms with van der Waals surface area (Å²) in [6.45, 7) is 0. The van der Waals surface area contributed by atoms with Gasteiger partial charge in [0.05, 0.1) is 26.3 Å². The molecule has 0 atom stereocenters. The zero-order chi connectivity index (χ0) is 14.9. The molecule has 0 saturated carbocycles. The molecule has 0 saturated heterocycles. The van der Waals surface area contributed by atoms with Crippen molar-refractivity contribution in [1.82, 2.24) is 4.98 Å². The molecule has 0 aliphatic rings. The van der Waals surface area contributed by atoms with Crippen LogP contribution in [0.3, 0.4) is 0 Å². The molecule has 0 spiro atoms. The first-order valence-corrected chi connectivity index (χ1v) is 6.39. The van der Waals surface area contributed by atoms with Crippen LogP contribution < -0.4 is 11.1 Å². The fraction of sp³-hybridized carbons (Fsp3) is 0. The highest BCUT2D eigenvalue weighted by Gasteiger charge is 2.16. The largest absolute Gasteiger partial charge is 0.384 e. The second kappa shape index (κ2) is 5.83. The normalized spacial score (nSPS) is 10.4. The first-order chi connectivity index (χ1) is 9.38. The predicted molar refractivity (Wildman–Crippen MR) is 78.0 cm³/mol. The van der Waals surface area contributed by atoms with E-state index in [1.54, 1.807) is 0 Å². The first-order valence-electron chi connectivity index (χ1n) is 5.25. The van der Waals surface area contributed by atoms with E-state index in [1.807, 2.05) is 0 Å². The SMILES string of the molecule is Nc1cc(C(=O)Nc2c(Cl)cc(F)cc2Cl)c(Cl)cn1. The smallest absolute Gasteiger partial charge is 0.257 e. The monoisotopic (exact) mass is 333 g/mol. The van der Waals surface area contributed by atoms with Crippen LogP contribution in [0.4, 0.5) is 15.9 Å². The quantitative estimate of drug-likeness (QED) is 0.871. The van der Waals surface area contributed by atoms with E-state index in [0.29, 0.717) is 0 Å². The number of amides is 1. The molecule has 0 fully saturated rings. The third kappa shape index (κ3) is 3.12. The van der Waals surface area contributed by atoms with Crippen LogP contribution in [0, 0.1) is 5.82 Å². The number of carbonyl (C=O) groups is 1. The van der Waals surface area contributed by atoms with Crippen molar-refractivity contribution in [3.8, 4) is 0 Å². The van der Waals surface area contributed by atoms with Gasteiger partial charge in [-0.25, -0.2) is 9.37 Å². The third-order valence-electron chi connectivity index (χ3n) is 2.37. The van der Waals surface area contributed by atoms with E-state index in [2.05, 4.69) is 10.3 Å². The molecule has 104 valence electrons. The van der Waals surface area contributed by atoms with Gasteiger partial charge in [-0.05, 0) is 18.2 Å². The van der Waals surface area contributed by atoms with E-state index in [0.717, 1.165) is 12.1 Å². The van der Waals surface area contributed by atoms with Gasteiger partial charge in [0, 0.05) is 6.20 Å². The van der Waals surface area contributed by atoms with Gasteiger partial charge < -0.3 is 11.1 Å². The van der Waals surface area contributed by atoms with Crippen molar-refractivity contribution in [1.29, 1.82) is 0 Å². The topological polar surface area (TPSA) is 68.0 Å². The molecule has 0 aliphatic carbocycles. The van der Waals surface area contributed by atoms with Crippen LogP contribution in [0.1, 0.15) is 10.4 Å². The first kappa shape index (κ1) is 14.8. The number of anilines is 2. The number of hydrogen-bond acceptors (Lipinski definition) is 3. The number of nitrogens with zero attached hydrogens (tertiary/aromatic N) is 1. The van der Waals surface area contributed by atoms with Crippen molar-refractivity contribution >= 4 is 52.2 Å². The summed E-state index contributed by atoms with van der Waals surface area (Å²) in [5, 5.41) is 2.52. The van der Waals surface area contributed by atoms with Gasteiger partial charge in [0.1, 0.15) is 11.6 Å². The van der Waals surface area contributed by atoms with Gasteiger partial charge >= 0.3 is 0 Å². The van der Waals surface area contributed by atoms with Crippen molar-refractivity contribution < 1.29 is 9.18 Å². The van der Waals surface area contributed by atoms with E-state index in [-0.39, 0.29) is 32.1 Å². The van der Waals surface area contributed by atoms with E-state index in [1.165, 1.54) is 12.3 Å². The zero-order valence-corrected chi connectivity index (χ0v) is 12.0. The van der Waals surface area contributed by atoms with Crippen LogP contribution in [0.2, 0.25) is 15.1 Å². The summed E-state index contributed by atoms with van der Waals surface area (Å²) in [6.07, 6.45) is 1.25.